The van der Waals surface area contributed by atoms with Crippen LogP contribution in [-0.4, -0.2) is 27.3 Å². The summed E-state index contributed by atoms with van der Waals surface area (Å²) in [5.41, 5.74) is 7.37. The number of para-hydroxylation sites is 1. The number of nitrogen functional groups attached to an aromatic ring is 1. The molecular formula is C14H19N5O. The molecule has 2 aromatic rings. The third kappa shape index (κ3) is 2.33. The number of anilines is 1. The Morgan fingerprint density at radius 2 is 2.25 bits per heavy atom. The second kappa shape index (κ2) is 5.11. The predicted octanol–water partition coefficient (Wildman–Crippen LogP) is 1.98. The Morgan fingerprint density at radius 1 is 1.45 bits per heavy atom. The highest BCUT2D eigenvalue weighted by Gasteiger charge is 2.29. The second-order valence-electron chi connectivity index (χ2n) is 5.43. The van der Waals surface area contributed by atoms with Gasteiger partial charge in [0.2, 0.25) is 0 Å². The average molecular weight is 273 g/mol. The molecule has 20 heavy (non-hydrogen) atoms. The summed E-state index contributed by atoms with van der Waals surface area (Å²) in [7, 11) is 1.61. The molecule has 0 aliphatic heterocycles. The molecule has 1 atom stereocenters. The summed E-state index contributed by atoms with van der Waals surface area (Å²) in [5.74, 6) is 2.74. The van der Waals surface area contributed by atoms with E-state index in [1.165, 1.54) is 12.8 Å². The molecule has 1 aromatic carbocycles. The van der Waals surface area contributed by atoms with Crippen LogP contribution in [0.1, 0.15) is 19.8 Å². The fourth-order valence-electron chi connectivity index (χ4n) is 2.57. The lowest BCUT2D eigenvalue weighted by molar-refractivity contribution is 0.399. The lowest BCUT2D eigenvalue weighted by atomic mass is 10.1. The number of aromatic nitrogens is 4. The van der Waals surface area contributed by atoms with Crippen LogP contribution in [0.5, 0.6) is 5.75 Å². The van der Waals surface area contributed by atoms with Gasteiger partial charge in [-0.1, -0.05) is 13.0 Å². The highest BCUT2D eigenvalue weighted by Crippen LogP contribution is 2.38. The average Bonchev–Trinajstić information content (AvgIpc) is 3.20. The normalized spacial score (nSPS) is 16.1. The number of ether oxygens (including phenoxy) is 1. The van der Waals surface area contributed by atoms with E-state index >= 15 is 0 Å². The maximum atomic E-state index is 5.94. The lowest BCUT2D eigenvalue weighted by Gasteiger charge is -2.13. The summed E-state index contributed by atoms with van der Waals surface area (Å²) in [5, 5.41) is 12.0. The van der Waals surface area contributed by atoms with E-state index in [0.29, 0.717) is 23.2 Å². The molecule has 1 saturated carbocycles. The van der Waals surface area contributed by atoms with Crippen LogP contribution in [-0.2, 0) is 6.54 Å². The summed E-state index contributed by atoms with van der Waals surface area (Å²) in [4.78, 5) is 0. The van der Waals surface area contributed by atoms with Crippen LogP contribution < -0.4 is 10.5 Å². The number of methoxy groups -OCH3 is 1. The Labute approximate surface area is 117 Å². The number of benzene rings is 1. The van der Waals surface area contributed by atoms with E-state index in [2.05, 4.69) is 22.4 Å². The molecule has 6 heteroatoms. The molecule has 1 aromatic heterocycles. The van der Waals surface area contributed by atoms with E-state index in [-0.39, 0.29) is 0 Å². The van der Waals surface area contributed by atoms with Crippen molar-refractivity contribution in [3.05, 3.63) is 18.2 Å². The first-order chi connectivity index (χ1) is 9.70. The molecule has 0 radical (unpaired) electrons. The van der Waals surface area contributed by atoms with Crippen LogP contribution in [0.3, 0.4) is 0 Å². The van der Waals surface area contributed by atoms with Crippen molar-refractivity contribution in [1.82, 2.24) is 20.2 Å². The van der Waals surface area contributed by atoms with E-state index in [9.17, 15) is 0 Å². The van der Waals surface area contributed by atoms with Crippen LogP contribution in [0.25, 0.3) is 11.4 Å². The lowest BCUT2D eigenvalue weighted by Crippen LogP contribution is -2.12. The monoisotopic (exact) mass is 273 g/mol. The predicted molar refractivity (Wildman–Crippen MR) is 76.1 cm³/mol. The van der Waals surface area contributed by atoms with Crippen molar-refractivity contribution in [2.24, 2.45) is 11.8 Å². The highest BCUT2D eigenvalue weighted by molar-refractivity contribution is 5.73. The molecule has 1 heterocycles. The Balaban J connectivity index is 1.94. The van der Waals surface area contributed by atoms with Crippen LogP contribution in [0.4, 0.5) is 5.69 Å². The van der Waals surface area contributed by atoms with Crippen molar-refractivity contribution in [3.8, 4) is 17.1 Å². The molecule has 0 saturated heterocycles. The first-order valence-corrected chi connectivity index (χ1v) is 6.89. The third-order valence-electron chi connectivity index (χ3n) is 3.91. The Morgan fingerprint density at radius 3 is 2.95 bits per heavy atom. The van der Waals surface area contributed by atoms with Crippen molar-refractivity contribution in [2.75, 3.05) is 12.8 Å². The molecule has 1 aliphatic rings. The van der Waals surface area contributed by atoms with Gasteiger partial charge in [-0.05, 0) is 47.2 Å². The molecule has 3 rings (SSSR count). The van der Waals surface area contributed by atoms with Gasteiger partial charge in [0, 0.05) is 6.54 Å². The van der Waals surface area contributed by atoms with Gasteiger partial charge in [0.05, 0.1) is 18.4 Å². The largest absolute Gasteiger partial charge is 0.494 e. The van der Waals surface area contributed by atoms with Crippen LogP contribution in [0, 0.1) is 11.8 Å². The van der Waals surface area contributed by atoms with E-state index in [1.54, 1.807) is 7.11 Å². The van der Waals surface area contributed by atoms with Crippen molar-refractivity contribution in [1.29, 1.82) is 0 Å². The SMILES string of the molecule is COc1c(N)cccc1-c1nnnn1CC(C)C1CC1. The fraction of sp³-hybridized carbons (Fsp3) is 0.500. The van der Waals surface area contributed by atoms with Gasteiger partial charge in [-0.2, -0.15) is 0 Å². The number of hydrogen-bond donors (Lipinski definition) is 1. The van der Waals surface area contributed by atoms with E-state index in [0.717, 1.165) is 18.0 Å². The summed E-state index contributed by atoms with van der Waals surface area (Å²) in [6.07, 6.45) is 2.64. The van der Waals surface area contributed by atoms with Crippen LogP contribution in [0.2, 0.25) is 0 Å². The first-order valence-electron chi connectivity index (χ1n) is 6.89. The van der Waals surface area contributed by atoms with Crippen molar-refractivity contribution in [2.45, 2.75) is 26.3 Å². The summed E-state index contributed by atoms with van der Waals surface area (Å²) in [6, 6.07) is 5.62. The van der Waals surface area contributed by atoms with Gasteiger partial charge in [0.25, 0.3) is 0 Å². The molecule has 2 N–H and O–H groups in total. The van der Waals surface area contributed by atoms with Gasteiger partial charge in [0.15, 0.2) is 11.6 Å². The maximum Gasteiger partial charge on any atom is 0.185 e. The molecule has 1 fully saturated rings. The topological polar surface area (TPSA) is 78.8 Å². The quantitative estimate of drug-likeness (QED) is 0.843. The maximum absolute atomic E-state index is 5.94. The molecular weight excluding hydrogens is 254 g/mol. The number of tetrazole rings is 1. The van der Waals surface area contributed by atoms with Crippen molar-refractivity contribution in [3.63, 3.8) is 0 Å². The number of nitrogens with two attached hydrogens (primary N) is 1. The van der Waals surface area contributed by atoms with Gasteiger partial charge < -0.3 is 10.5 Å². The minimum atomic E-state index is 0.587. The molecule has 1 aliphatic carbocycles. The fourth-order valence-corrected chi connectivity index (χ4v) is 2.57. The molecule has 6 nitrogen and oxygen atoms in total. The Kier molecular flexibility index (Phi) is 3.30. The summed E-state index contributed by atoms with van der Waals surface area (Å²) >= 11 is 0. The molecule has 1 unspecified atom stereocenters. The molecule has 106 valence electrons. The zero-order valence-corrected chi connectivity index (χ0v) is 11.8. The minimum Gasteiger partial charge on any atom is -0.494 e. The van der Waals surface area contributed by atoms with Gasteiger partial charge >= 0.3 is 0 Å². The Bertz CT molecular complexity index is 605. The highest BCUT2D eigenvalue weighted by atomic mass is 16.5. The summed E-state index contributed by atoms with van der Waals surface area (Å²) < 4.78 is 7.23. The van der Waals surface area contributed by atoms with Gasteiger partial charge in [-0.25, -0.2) is 4.68 Å². The smallest absolute Gasteiger partial charge is 0.185 e. The first kappa shape index (κ1) is 12.9. The number of nitrogens with zero attached hydrogens (tertiary/aromatic N) is 4. The molecule has 0 bridgehead atoms. The number of hydrogen-bond acceptors (Lipinski definition) is 5. The van der Waals surface area contributed by atoms with Gasteiger partial charge in [-0.3, -0.25) is 0 Å². The van der Waals surface area contributed by atoms with Crippen LogP contribution in [0.15, 0.2) is 18.2 Å². The van der Waals surface area contributed by atoms with Gasteiger partial charge in [-0.15, -0.1) is 5.10 Å². The van der Waals surface area contributed by atoms with Crippen molar-refractivity contribution < 1.29 is 4.74 Å². The third-order valence-corrected chi connectivity index (χ3v) is 3.91. The standard InChI is InChI=1S/C14H19N5O/c1-9(10-6-7-10)8-19-14(16-17-18-19)11-4-3-5-12(15)13(11)20-2/h3-5,9-10H,6-8,15H2,1-2H3. The van der Waals surface area contributed by atoms with Crippen molar-refractivity contribution >= 4 is 5.69 Å². The summed E-state index contributed by atoms with van der Waals surface area (Å²) in [6.45, 7) is 3.07. The van der Waals surface area contributed by atoms with E-state index in [4.69, 9.17) is 10.5 Å². The van der Waals surface area contributed by atoms with Crippen LogP contribution >= 0.6 is 0 Å². The number of rotatable bonds is 5. The minimum absolute atomic E-state index is 0.587. The second-order valence-corrected chi connectivity index (χ2v) is 5.43. The molecule has 0 spiro atoms. The van der Waals surface area contributed by atoms with E-state index < -0.39 is 0 Å². The van der Waals surface area contributed by atoms with Gasteiger partial charge in [0.1, 0.15) is 0 Å². The van der Waals surface area contributed by atoms with E-state index in [1.807, 2.05) is 22.9 Å². The zero-order chi connectivity index (χ0) is 14.1. The Hall–Kier alpha value is -2.11. The molecule has 0 amide bonds. The zero-order valence-electron chi connectivity index (χ0n) is 11.8.